The molecule has 20 heavy (non-hydrogen) atoms. The van der Waals surface area contributed by atoms with Crippen LogP contribution in [0.25, 0.3) is 0 Å². The predicted molar refractivity (Wildman–Crippen MR) is 71.5 cm³/mol. The molecule has 0 aliphatic heterocycles. The summed E-state index contributed by atoms with van der Waals surface area (Å²) in [6.45, 7) is 2.21. The van der Waals surface area contributed by atoms with Crippen LogP contribution in [0.2, 0.25) is 0 Å². The van der Waals surface area contributed by atoms with Crippen LogP contribution in [0.15, 0.2) is 0 Å². The number of hydrogen-bond donors (Lipinski definition) is 0. The summed E-state index contributed by atoms with van der Waals surface area (Å²) in [5.74, 6) is 1.79. The fraction of sp³-hybridized carbons (Fsp3) is 0.909. The lowest BCUT2D eigenvalue weighted by Crippen LogP contribution is -2.33. The molecule has 1 saturated carbocycles. The summed E-state index contributed by atoms with van der Waals surface area (Å²) in [7, 11) is -5.73. The zero-order chi connectivity index (χ0) is 16.0. The molecule has 0 bridgehead atoms. The molecule has 0 aromatic carbocycles. The van der Waals surface area contributed by atoms with Crippen LogP contribution < -0.4 is 0 Å². The standard InChI is InChI=1S/C10H19OS.CHF3O3S/c1-3-8-12(2)10-7-5-4-6-9(10)11;2-1(3,4)8(5,6)7/h10H,3-8H2,1-2H3;(H,5,6,7)/q+1;/p-1. The maximum absolute atomic E-state index is 11.5. The normalized spacial score (nSPS) is 21.9. The lowest BCUT2D eigenvalue weighted by atomic mass is 9.99. The number of hydrogen-bond acceptors (Lipinski definition) is 4. The molecular weight excluding hydrogens is 317 g/mol. The fourth-order valence-corrected chi connectivity index (χ4v) is 3.90. The van der Waals surface area contributed by atoms with Crippen molar-refractivity contribution in [1.82, 2.24) is 0 Å². The zero-order valence-corrected chi connectivity index (χ0v) is 13.0. The smallest absolute Gasteiger partial charge is 0.485 e. The van der Waals surface area contributed by atoms with Crippen molar-refractivity contribution >= 4 is 26.8 Å². The summed E-state index contributed by atoms with van der Waals surface area (Å²) in [5.41, 5.74) is -5.65. The minimum Gasteiger partial charge on any atom is -0.741 e. The van der Waals surface area contributed by atoms with Crippen molar-refractivity contribution in [1.29, 1.82) is 0 Å². The van der Waals surface area contributed by atoms with Gasteiger partial charge in [-0.25, -0.2) is 8.42 Å². The Morgan fingerprint density at radius 1 is 1.35 bits per heavy atom. The van der Waals surface area contributed by atoms with Gasteiger partial charge in [-0.15, -0.1) is 0 Å². The molecule has 2 atom stereocenters. The van der Waals surface area contributed by atoms with E-state index in [2.05, 4.69) is 13.2 Å². The zero-order valence-electron chi connectivity index (χ0n) is 11.4. The van der Waals surface area contributed by atoms with Gasteiger partial charge in [0.25, 0.3) is 0 Å². The summed E-state index contributed by atoms with van der Waals surface area (Å²) in [6.07, 6.45) is 7.92. The number of rotatable bonds is 3. The van der Waals surface area contributed by atoms with Gasteiger partial charge in [-0.2, -0.15) is 13.2 Å². The molecule has 1 aliphatic rings. The first-order chi connectivity index (χ1) is 9.00. The number of carbonyl (C=O) groups excluding carboxylic acids is 1. The van der Waals surface area contributed by atoms with Gasteiger partial charge in [0.1, 0.15) is 5.75 Å². The molecule has 9 heteroatoms. The number of Topliss-reactive ketones (excluding diaryl/α,β-unsaturated/α-hetero) is 1. The van der Waals surface area contributed by atoms with Gasteiger partial charge in [0.2, 0.25) is 0 Å². The van der Waals surface area contributed by atoms with E-state index in [4.69, 9.17) is 13.0 Å². The first-order valence-corrected chi connectivity index (χ1v) is 9.44. The molecule has 0 aromatic heterocycles. The van der Waals surface area contributed by atoms with Crippen molar-refractivity contribution in [2.75, 3.05) is 12.0 Å². The molecule has 1 aliphatic carbocycles. The largest absolute Gasteiger partial charge is 0.741 e. The first-order valence-electron chi connectivity index (χ1n) is 6.17. The Balaban J connectivity index is 0.000000396. The maximum atomic E-state index is 11.5. The van der Waals surface area contributed by atoms with Gasteiger partial charge in [0.15, 0.2) is 21.2 Å². The maximum Gasteiger partial charge on any atom is 0.485 e. The molecular formula is C11H19F3O4S2. The van der Waals surface area contributed by atoms with Crippen LogP contribution in [0.4, 0.5) is 13.2 Å². The summed E-state index contributed by atoms with van der Waals surface area (Å²) in [4.78, 5) is 11.5. The van der Waals surface area contributed by atoms with Gasteiger partial charge in [0, 0.05) is 12.8 Å². The average Bonchev–Trinajstić information content (AvgIpc) is 2.28. The monoisotopic (exact) mass is 336 g/mol. The summed E-state index contributed by atoms with van der Waals surface area (Å²) in [5, 5.41) is 0.429. The highest BCUT2D eigenvalue weighted by Gasteiger charge is 2.37. The number of alkyl halides is 3. The minimum absolute atomic E-state index is 0.364. The molecule has 120 valence electrons. The molecule has 0 N–H and O–H groups in total. The Morgan fingerprint density at radius 3 is 2.20 bits per heavy atom. The van der Waals surface area contributed by atoms with Gasteiger partial charge in [-0.1, -0.05) is 6.92 Å². The third-order valence-electron chi connectivity index (χ3n) is 2.79. The molecule has 0 aromatic rings. The van der Waals surface area contributed by atoms with E-state index in [1.165, 1.54) is 25.0 Å². The second kappa shape index (κ2) is 8.23. The fourth-order valence-electron chi connectivity index (χ4n) is 1.84. The van der Waals surface area contributed by atoms with Crippen LogP contribution in [0.3, 0.4) is 0 Å². The number of carbonyl (C=O) groups is 1. The predicted octanol–water partition coefficient (Wildman–Crippen LogP) is 2.21. The van der Waals surface area contributed by atoms with Gasteiger partial charge in [0.05, 0.1) is 6.26 Å². The SMILES string of the molecule is CCC[S+](C)C1CCCCC1=O.O=S(=O)([O-])C(F)(F)F. The van der Waals surface area contributed by atoms with Gasteiger partial charge >= 0.3 is 5.51 Å². The van der Waals surface area contributed by atoms with Crippen LogP contribution in [0.1, 0.15) is 39.0 Å². The highest BCUT2D eigenvalue weighted by atomic mass is 32.2. The highest BCUT2D eigenvalue weighted by Crippen LogP contribution is 2.22. The third kappa shape index (κ3) is 6.94. The molecule has 0 radical (unpaired) electrons. The lowest BCUT2D eigenvalue weighted by molar-refractivity contribution is -0.119. The summed E-state index contributed by atoms with van der Waals surface area (Å²) < 4.78 is 58.9. The van der Waals surface area contributed by atoms with E-state index in [1.807, 2.05) is 0 Å². The Kier molecular flexibility index (Phi) is 8.12. The van der Waals surface area contributed by atoms with E-state index in [0.717, 1.165) is 12.8 Å². The van der Waals surface area contributed by atoms with E-state index in [-0.39, 0.29) is 0 Å². The minimum atomic E-state index is -6.09. The van der Waals surface area contributed by atoms with Crippen molar-refractivity contribution in [2.24, 2.45) is 0 Å². The van der Waals surface area contributed by atoms with E-state index in [0.29, 0.717) is 21.9 Å². The Labute approximate surface area is 120 Å². The number of ketones is 1. The molecule has 0 saturated heterocycles. The molecule has 0 heterocycles. The first kappa shape index (κ1) is 19.7. The quantitative estimate of drug-likeness (QED) is 0.450. The molecule has 0 amide bonds. The van der Waals surface area contributed by atoms with Crippen molar-refractivity contribution in [3.63, 3.8) is 0 Å². The van der Waals surface area contributed by atoms with E-state index in [9.17, 15) is 18.0 Å². The topological polar surface area (TPSA) is 74.3 Å². The van der Waals surface area contributed by atoms with E-state index >= 15 is 0 Å². The molecule has 1 fully saturated rings. The molecule has 2 unspecified atom stereocenters. The van der Waals surface area contributed by atoms with Crippen LogP contribution in [0.5, 0.6) is 0 Å². The van der Waals surface area contributed by atoms with Gasteiger partial charge in [-0.3, -0.25) is 4.79 Å². The molecule has 4 nitrogen and oxygen atoms in total. The highest BCUT2D eigenvalue weighted by molar-refractivity contribution is 7.97. The Morgan fingerprint density at radius 2 is 1.85 bits per heavy atom. The van der Waals surface area contributed by atoms with Gasteiger partial charge in [-0.05, 0) is 30.2 Å². The molecule has 0 spiro atoms. The van der Waals surface area contributed by atoms with Crippen molar-refractivity contribution in [3.8, 4) is 0 Å². The van der Waals surface area contributed by atoms with Crippen LogP contribution in [0, 0.1) is 0 Å². The second-order valence-electron chi connectivity index (χ2n) is 4.50. The van der Waals surface area contributed by atoms with Crippen molar-refractivity contribution < 1.29 is 30.9 Å². The third-order valence-corrected chi connectivity index (χ3v) is 5.88. The van der Waals surface area contributed by atoms with Crippen LogP contribution in [-0.2, 0) is 25.8 Å². The van der Waals surface area contributed by atoms with E-state index in [1.54, 1.807) is 0 Å². The second-order valence-corrected chi connectivity index (χ2v) is 8.23. The number of halogens is 3. The van der Waals surface area contributed by atoms with Crippen molar-refractivity contribution in [3.05, 3.63) is 0 Å². The van der Waals surface area contributed by atoms with Crippen LogP contribution >= 0.6 is 0 Å². The van der Waals surface area contributed by atoms with Crippen molar-refractivity contribution in [2.45, 2.75) is 49.8 Å². The van der Waals surface area contributed by atoms with E-state index < -0.39 is 15.6 Å². The Bertz CT molecular complexity index is 406. The summed E-state index contributed by atoms with van der Waals surface area (Å²) >= 11 is 0. The Hall–Kier alpha value is -0.280. The molecule has 1 rings (SSSR count). The van der Waals surface area contributed by atoms with Gasteiger partial charge < -0.3 is 4.55 Å². The average molecular weight is 336 g/mol. The summed E-state index contributed by atoms with van der Waals surface area (Å²) in [6, 6.07) is 0. The lowest BCUT2D eigenvalue weighted by Gasteiger charge is -2.18. The van der Waals surface area contributed by atoms with Crippen LogP contribution in [-0.4, -0.2) is 41.5 Å².